The van der Waals surface area contributed by atoms with Gasteiger partial charge in [0.05, 0.1) is 13.2 Å². The van der Waals surface area contributed by atoms with Crippen molar-refractivity contribution in [1.29, 1.82) is 0 Å². The molecule has 0 bridgehead atoms. The first-order valence-corrected chi connectivity index (χ1v) is 3.68. The molecule has 1 aromatic rings. The fraction of sp³-hybridized carbons (Fsp3) is 0.333. The Morgan fingerprint density at radius 2 is 1.91 bits per heavy atom. The van der Waals surface area contributed by atoms with Gasteiger partial charge in [0.2, 0.25) is 0 Å². The van der Waals surface area contributed by atoms with E-state index in [0.717, 1.165) is 0 Å². The summed E-state index contributed by atoms with van der Waals surface area (Å²) in [5, 5.41) is 0. The Balaban J connectivity index is 2.61. The topological polar surface area (TPSA) is 21.3 Å². The fourth-order valence-corrected chi connectivity index (χ4v) is 0.987. The summed E-state index contributed by atoms with van der Waals surface area (Å²) in [7, 11) is 1.62. The molecule has 11 heavy (non-hydrogen) atoms. The first-order chi connectivity index (χ1) is 5.34. The number of hydroxylamine groups is 1. The SMILES string of the molecule is CON[C@H](C)c1ccccc1. The molecular formula is C9H13NO. The number of rotatable bonds is 3. The van der Waals surface area contributed by atoms with Gasteiger partial charge in [-0.1, -0.05) is 30.3 Å². The van der Waals surface area contributed by atoms with Crippen molar-refractivity contribution >= 4 is 0 Å². The quantitative estimate of drug-likeness (QED) is 0.666. The molecule has 0 aromatic heterocycles. The molecule has 60 valence electrons. The van der Waals surface area contributed by atoms with Crippen LogP contribution in [0.5, 0.6) is 0 Å². The highest BCUT2D eigenvalue weighted by Gasteiger charge is 2.00. The molecule has 2 heteroatoms. The van der Waals surface area contributed by atoms with Crippen LogP contribution in [-0.4, -0.2) is 7.11 Å². The summed E-state index contributed by atoms with van der Waals surface area (Å²) in [4.78, 5) is 4.81. The molecule has 0 aliphatic rings. The van der Waals surface area contributed by atoms with Gasteiger partial charge in [0.1, 0.15) is 0 Å². The largest absolute Gasteiger partial charge is 0.305 e. The van der Waals surface area contributed by atoms with E-state index in [1.165, 1.54) is 5.56 Å². The lowest BCUT2D eigenvalue weighted by Gasteiger charge is -2.10. The molecule has 0 aliphatic heterocycles. The molecule has 1 atom stereocenters. The molecule has 0 saturated heterocycles. The second-order valence-electron chi connectivity index (χ2n) is 2.45. The maximum absolute atomic E-state index is 4.81. The predicted molar refractivity (Wildman–Crippen MR) is 45.0 cm³/mol. The smallest absolute Gasteiger partial charge is 0.0572 e. The van der Waals surface area contributed by atoms with E-state index in [1.807, 2.05) is 18.2 Å². The Hall–Kier alpha value is -0.860. The van der Waals surface area contributed by atoms with Crippen LogP contribution in [-0.2, 0) is 4.84 Å². The van der Waals surface area contributed by atoms with E-state index in [1.54, 1.807) is 7.11 Å². The zero-order valence-electron chi connectivity index (χ0n) is 6.87. The third kappa shape index (κ3) is 2.33. The van der Waals surface area contributed by atoms with E-state index < -0.39 is 0 Å². The lowest BCUT2D eigenvalue weighted by atomic mass is 10.1. The van der Waals surface area contributed by atoms with Gasteiger partial charge < -0.3 is 4.84 Å². The second-order valence-corrected chi connectivity index (χ2v) is 2.45. The number of nitrogens with one attached hydrogen (secondary N) is 1. The van der Waals surface area contributed by atoms with Crippen molar-refractivity contribution in [2.75, 3.05) is 7.11 Å². The summed E-state index contributed by atoms with van der Waals surface area (Å²) < 4.78 is 0. The van der Waals surface area contributed by atoms with Crippen molar-refractivity contribution in [2.45, 2.75) is 13.0 Å². The number of hydrogen-bond donors (Lipinski definition) is 1. The highest BCUT2D eigenvalue weighted by atomic mass is 16.6. The summed E-state index contributed by atoms with van der Waals surface area (Å²) in [6, 6.07) is 10.4. The average Bonchev–Trinajstić information content (AvgIpc) is 2.07. The van der Waals surface area contributed by atoms with Crippen LogP contribution in [0.3, 0.4) is 0 Å². The van der Waals surface area contributed by atoms with Gasteiger partial charge in [-0.2, -0.15) is 5.48 Å². The van der Waals surface area contributed by atoms with Crippen molar-refractivity contribution < 1.29 is 4.84 Å². The Morgan fingerprint density at radius 1 is 1.27 bits per heavy atom. The minimum absolute atomic E-state index is 0.251. The van der Waals surface area contributed by atoms with E-state index in [4.69, 9.17) is 4.84 Å². The Morgan fingerprint density at radius 3 is 2.45 bits per heavy atom. The molecule has 2 nitrogen and oxygen atoms in total. The van der Waals surface area contributed by atoms with Crippen molar-refractivity contribution in [3.63, 3.8) is 0 Å². The van der Waals surface area contributed by atoms with Gasteiger partial charge in [-0.3, -0.25) is 0 Å². The molecular weight excluding hydrogens is 138 g/mol. The summed E-state index contributed by atoms with van der Waals surface area (Å²) in [6.07, 6.45) is 0. The Bertz CT molecular complexity index is 198. The molecule has 1 N–H and O–H groups in total. The highest BCUT2D eigenvalue weighted by Crippen LogP contribution is 2.09. The average molecular weight is 151 g/mol. The third-order valence-corrected chi connectivity index (χ3v) is 1.59. The van der Waals surface area contributed by atoms with Crippen molar-refractivity contribution in [3.05, 3.63) is 35.9 Å². The number of hydrogen-bond acceptors (Lipinski definition) is 2. The van der Waals surface area contributed by atoms with Crippen LogP contribution in [0.4, 0.5) is 0 Å². The molecule has 0 spiro atoms. The normalized spacial score (nSPS) is 12.9. The molecule has 0 saturated carbocycles. The standard InChI is InChI=1S/C9H13NO/c1-8(10-11-2)9-6-4-3-5-7-9/h3-8,10H,1-2H3/t8-/m1/s1. The van der Waals surface area contributed by atoms with Gasteiger partial charge in [-0.15, -0.1) is 0 Å². The van der Waals surface area contributed by atoms with Gasteiger partial charge in [0, 0.05) is 0 Å². The third-order valence-electron chi connectivity index (χ3n) is 1.59. The van der Waals surface area contributed by atoms with E-state index in [0.29, 0.717) is 0 Å². The van der Waals surface area contributed by atoms with Gasteiger partial charge in [0.15, 0.2) is 0 Å². The molecule has 0 radical (unpaired) electrons. The van der Waals surface area contributed by atoms with Gasteiger partial charge in [-0.05, 0) is 12.5 Å². The Kier molecular flexibility index (Phi) is 3.08. The maximum Gasteiger partial charge on any atom is 0.0572 e. The van der Waals surface area contributed by atoms with Gasteiger partial charge in [0.25, 0.3) is 0 Å². The monoisotopic (exact) mass is 151 g/mol. The van der Waals surface area contributed by atoms with E-state index in [2.05, 4.69) is 24.5 Å². The zero-order valence-corrected chi connectivity index (χ0v) is 6.87. The molecule has 0 fully saturated rings. The lowest BCUT2D eigenvalue weighted by molar-refractivity contribution is 0.0659. The molecule has 0 amide bonds. The van der Waals surface area contributed by atoms with Crippen molar-refractivity contribution in [2.24, 2.45) is 0 Å². The van der Waals surface area contributed by atoms with E-state index >= 15 is 0 Å². The second kappa shape index (κ2) is 4.11. The fourth-order valence-electron chi connectivity index (χ4n) is 0.987. The van der Waals surface area contributed by atoms with Crippen molar-refractivity contribution in [1.82, 2.24) is 5.48 Å². The highest BCUT2D eigenvalue weighted by molar-refractivity contribution is 5.17. The first-order valence-electron chi connectivity index (χ1n) is 3.68. The van der Waals surface area contributed by atoms with Gasteiger partial charge in [-0.25, -0.2) is 0 Å². The van der Waals surface area contributed by atoms with E-state index in [-0.39, 0.29) is 6.04 Å². The maximum atomic E-state index is 4.81. The lowest BCUT2D eigenvalue weighted by Crippen LogP contribution is -2.16. The molecule has 0 heterocycles. The summed E-state index contributed by atoms with van der Waals surface area (Å²) in [5.41, 5.74) is 4.09. The minimum atomic E-state index is 0.251. The summed E-state index contributed by atoms with van der Waals surface area (Å²) >= 11 is 0. The van der Waals surface area contributed by atoms with Crippen LogP contribution in [0, 0.1) is 0 Å². The Labute approximate surface area is 67.1 Å². The zero-order chi connectivity index (χ0) is 8.10. The minimum Gasteiger partial charge on any atom is -0.305 e. The van der Waals surface area contributed by atoms with Crippen LogP contribution < -0.4 is 5.48 Å². The summed E-state index contributed by atoms with van der Waals surface area (Å²) in [5.74, 6) is 0. The summed E-state index contributed by atoms with van der Waals surface area (Å²) in [6.45, 7) is 2.05. The van der Waals surface area contributed by atoms with Crippen LogP contribution in [0.25, 0.3) is 0 Å². The first kappa shape index (κ1) is 8.24. The molecule has 1 aromatic carbocycles. The van der Waals surface area contributed by atoms with Crippen LogP contribution in [0.1, 0.15) is 18.5 Å². The molecule has 0 unspecified atom stereocenters. The van der Waals surface area contributed by atoms with Crippen molar-refractivity contribution in [3.8, 4) is 0 Å². The van der Waals surface area contributed by atoms with Crippen LogP contribution in [0.2, 0.25) is 0 Å². The van der Waals surface area contributed by atoms with E-state index in [9.17, 15) is 0 Å². The molecule has 1 rings (SSSR count). The number of benzene rings is 1. The van der Waals surface area contributed by atoms with Crippen LogP contribution in [0.15, 0.2) is 30.3 Å². The molecule has 0 aliphatic carbocycles. The predicted octanol–water partition coefficient (Wildman–Crippen LogP) is 1.90. The van der Waals surface area contributed by atoms with Gasteiger partial charge >= 0.3 is 0 Å². The van der Waals surface area contributed by atoms with Crippen LogP contribution >= 0.6 is 0 Å².